The summed E-state index contributed by atoms with van der Waals surface area (Å²) in [5, 5.41) is 8.95. The lowest BCUT2D eigenvalue weighted by Gasteiger charge is -2.36. The SMILES string of the molecule is C=CCNC(=O)NC(=O)CN1CCN([C@H](C)c2nc(Cc3ccccc3)no2)CC1. The Morgan fingerprint density at radius 3 is 2.67 bits per heavy atom. The number of nitrogens with zero attached hydrogens (tertiary/aromatic N) is 4. The molecule has 2 aromatic rings. The van der Waals surface area contributed by atoms with E-state index in [-0.39, 0.29) is 18.5 Å². The molecule has 0 unspecified atom stereocenters. The van der Waals surface area contributed by atoms with Crippen molar-refractivity contribution in [1.29, 1.82) is 0 Å². The molecule has 1 aromatic heterocycles. The second kappa shape index (κ2) is 10.7. The van der Waals surface area contributed by atoms with Gasteiger partial charge in [0, 0.05) is 39.1 Å². The zero-order valence-electron chi connectivity index (χ0n) is 17.2. The number of hydrogen-bond acceptors (Lipinski definition) is 7. The van der Waals surface area contributed by atoms with Crippen LogP contribution in [0.5, 0.6) is 0 Å². The number of amides is 3. The number of benzene rings is 1. The molecule has 3 rings (SSSR count). The maximum atomic E-state index is 12.0. The van der Waals surface area contributed by atoms with Gasteiger partial charge in [-0.25, -0.2) is 4.79 Å². The normalized spacial score (nSPS) is 16.0. The topological polar surface area (TPSA) is 104 Å². The van der Waals surface area contributed by atoms with E-state index in [2.05, 4.69) is 32.3 Å². The summed E-state index contributed by atoms with van der Waals surface area (Å²) >= 11 is 0. The predicted molar refractivity (Wildman–Crippen MR) is 112 cm³/mol. The number of hydrogen-bond donors (Lipinski definition) is 2. The third kappa shape index (κ3) is 6.23. The highest BCUT2D eigenvalue weighted by atomic mass is 16.5. The summed E-state index contributed by atoms with van der Waals surface area (Å²) in [5.41, 5.74) is 1.14. The number of aromatic nitrogens is 2. The molecule has 1 aliphatic rings. The molecule has 0 saturated carbocycles. The van der Waals surface area contributed by atoms with Crippen molar-refractivity contribution in [3.05, 3.63) is 60.3 Å². The van der Waals surface area contributed by atoms with Crippen LogP contribution in [0.2, 0.25) is 0 Å². The molecule has 0 spiro atoms. The molecule has 0 bridgehead atoms. The Kier molecular flexibility index (Phi) is 7.69. The van der Waals surface area contributed by atoms with Crippen molar-refractivity contribution in [2.75, 3.05) is 39.3 Å². The van der Waals surface area contributed by atoms with Gasteiger partial charge in [0.05, 0.1) is 12.6 Å². The summed E-state index contributed by atoms with van der Waals surface area (Å²) < 4.78 is 5.49. The molecular formula is C21H28N6O3. The van der Waals surface area contributed by atoms with Crippen molar-refractivity contribution in [3.8, 4) is 0 Å². The van der Waals surface area contributed by atoms with Crippen LogP contribution in [0.1, 0.15) is 30.2 Å². The van der Waals surface area contributed by atoms with Gasteiger partial charge in [-0.05, 0) is 12.5 Å². The highest BCUT2D eigenvalue weighted by molar-refractivity contribution is 5.95. The molecule has 30 heavy (non-hydrogen) atoms. The van der Waals surface area contributed by atoms with Gasteiger partial charge in [0.1, 0.15) is 0 Å². The van der Waals surface area contributed by atoms with Gasteiger partial charge in [0.25, 0.3) is 0 Å². The fourth-order valence-corrected chi connectivity index (χ4v) is 3.33. The van der Waals surface area contributed by atoms with Crippen LogP contribution in [0.15, 0.2) is 47.5 Å². The van der Waals surface area contributed by atoms with Gasteiger partial charge in [0.15, 0.2) is 5.82 Å². The van der Waals surface area contributed by atoms with Crippen LogP contribution < -0.4 is 10.6 Å². The molecule has 1 aromatic carbocycles. The van der Waals surface area contributed by atoms with E-state index in [1.165, 1.54) is 0 Å². The van der Waals surface area contributed by atoms with Crippen molar-refractivity contribution in [1.82, 2.24) is 30.6 Å². The average Bonchev–Trinajstić information content (AvgIpc) is 3.21. The smallest absolute Gasteiger partial charge is 0.321 e. The summed E-state index contributed by atoms with van der Waals surface area (Å²) in [6, 6.07) is 9.54. The minimum absolute atomic E-state index is 0.00248. The van der Waals surface area contributed by atoms with Gasteiger partial charge in [-0.1, -0.05) is 41.6 Å². The zero-order chi connectivity index (χ0) is 21.3. The van der Waals surface area contributed by atoms with E-state index < -0.39 is 6.03 Å². The third-order valence-corrected chi connectivity index (χ3v) is 5.03. The minimum Gasteiger partial charge on any atom is -0.338 e. The molecule has 0 radical (unpaired) electrons. The summed E-state index contributed by atoms with van der Waals surface area (Å²) in [5.74, 6) is 0.958. The largest absolute Gasteiger partial charge is 0.338 e. The molecule has 9 nitrogen and oxygen atoms in total. The summed E-state index contributed by atoms with van der Waals surface area (Å²) in [6.45, 7) is 9.05. The van der Waals surface area contributed by atoms with E-state index in [0.717, 1.165) is 31.7 Å². The van der Waals surface area contributed by atoms with Crippen molar-refractivity contribution < 1.29 is 14.1 Å². The minimum atomic E-state index is -0.505. The highest BCUT2D eigenvalue weighted by Gasteiger charge is 2.26. The van der Waals surface area contributed by atoms with Crippen LogP contribution in [-0.4, -0.2) is 71.1 Å². The molecule has 1 fully saturated rings. The second-order valence-electron chi connectivity index (χ2n) is 7.25. The Bertz CT molecular complexity index is 845. The molecule has 1 atom stereocenters. The Balaban J connectivity index is 1.44. The van der Waals surface area contributed by atoms with Gasteiger partial charge in [-0.2, -0.15) is 4.98 Å². The van der Waals surface area contributed by atoms with Crippen LogP contribution in [0.4, 0.5) is 4.79 Å². The fraction of sp³-hybridized carbons (Fsp3) is 0.429. The Hall–Kier alpha value is -3.04. The molecule has 1 saturated heterocycles. The first kappa shape index (κ1) is 21.7. The number of carbonyl (C=O) groups is 2. The summed E-state index contributed by atoms with van der Waals surface area (Å²) in [7, 11) is 0. The molecule has 1 aliphatic heterocycles. The number of carbonyl (C=O) groups excluding carboxylic acids is 2. The maximum Gasteiger partial charge on any atom is 0.321 e. The van der Waals surface area contributed by atoms with Crippen LogP contribution in [0, 0.1) is 0 Å². The van der Waals surface area contributed by atoms with E-state index in [1.54, 1.807) is 6.08 Å². The Morgan fingerprint density at radius 1 is 1.23 bits per heavy atom. The lowest BCUT2D eigenvalue weighted by atomic mass is 10.1. The number of nitrogens with one attached hydrogen (secondary N) is 2. The van der Waals surface area contributed by atoms with Crippen molar-refractivity contribution in [3.63, 3.8) is 0 Å². The average molecular weight is 412 g/mol. The standard InChI is InChI=1S/C21H28N6O3/c1-3-9-22-21(29)24-19(28)15-26-10-12-27(13-11-26)16(2)20-23-18(25-30-20)14-17-7-5-4-6-8-17/h3-8,16H,1,9-15H2,2H3,(H2,22,24,28,29)/t16-/m1/s1. The third-order valence-electron chi connectivity index (χ3n) is 5.03. The number of rotatable bonds is 8. The summed E-state index contributed by atoms with van der Waals surface area (Å²) in [4.78, 5) is 32.4. The van der Waals surface area contributed by atoms with Gasteiger partial charge >= 0.3 is 6.03 Å². The first-order chi connectivity index (χ1) is 14.5. The van der Waals surface area contributed by atoms with E-state index >= 15 is 0 Å². The van der Waals surface area contributed by atoms with Crippen LogP contribution in [0.3, 0.4) is 0 Å². The van der Waals surface area contributed by atoms with Gasteiger partial charge in [-0.15, -0.1) is 6.58 Å². The maximum absolute atomic E-state index is 12.0. The van der Waals surface area contributed by atoms with E-state index in [0.29, 0.717) is 24.7 Å². The van der Waals surface area contributed by atoms with Crippen molar-refractivity contribution in [2.24, 2.45) is 0 Å². The van der Waals surface area contributed by atoms with E-state index in [1.807, 2.05) is 42.2 Å². The van der Waals surface area contributed by atoms with Gasteiger partial charge in [-0.3, -0.25) is 19.9 Å². The molecule has 0 aliphatic carbocycles. The molecule has 2 N–H and O–H groups in total. The monoisotopic (exact) mass is 412 g/mol. The first-order valence-electron chi connectivity index (χ1n) is 10.1. The van der Waals surface area contributed by atoms with Crippen molar-refractivity contribution in [2.45, 2.75) is 19.4 Å². The van der Waals surface area contributed by atoms with Gasteiger partial charge < -0.3 is 9.84 Å². The van der Waals surface area contributed by atoms with Crippen LogP contribution in [-0.2, 0) is 11.2 Å². The number of piperazine rings is 1. The van der Waals surface area contributed by atoms with Gasteiger partial charge in [0.2, 0.25) is 11.8 Å². The lowest BCUT2D eigenvalue weighted by Crippen LogP contribution is -2.51. The van der Waals surface area contributed by atoms with Crippen molar-refractivity contribution >= 4 is 11.9 Å². The lowest BCUT2D eigenvalue weighted by molar-refractivity contribution is -0.121. The number of urea groups is 1. The molecule has 3 amide bonds. The molecule has 160 valence electrons. The predicted octanol–water partition coefficient (Wildman–Crippen LogP) is 1.35. The highest BCUT2D eigenvalue weighted by Crippen LogP contribution is 2.20. The van der Waals surface area contributed by atoms with Crippen LogP contribution in [0.25, 0.3) is 0 Å². The second-order valence-corrected chi connectivity index (χ2v) is 7.25. The Labute approximate surface area is 176 Å². The number of imide groups is 1. The Morgan fingerprint density at radius 2 is 1.97 bits per heavy atom. The van der Waals surface area contributed by atoms with Crippen LogP contribution >= 0.6 is 0 Å². The van der Waals surface area contributed by atoms with E-state index in [9.17, 15) is 9.59 Å². The quantitative estimate of drug-likeness (QED) is 0.631. The molecule has 9 heteroatoms. The van der Waals surface area contributed by atoms with E-state index in [4.69, 9.17) is 4.52 Å². The summed E-state index contributed by atoms with van der Waals surface area (Å²) in [6.07, 6.45) is 2.19. The molecular weight excluding hydrogens is 384 g/mol. The first-order valence-corrected chi connectivity index (χ1v) is 10.1. The zero-order valence-corrected chi connectivity index (χ0v) is 17.2. The molecule has 2 heterocycles. The fourth-order valence-electron chi connectivity index (χ4n) is 3.33.